The van der Waals surface area contributed by atoms with Crippen molar-refractivity contribution in [3.05, 3.63) is 29.6 Å². The summed E-state index contributed by atoms with van der Waals surface area (Å²) in [7, 11) is 0. The standard InChI is InChI=1S/C18H27ClN2/c1-12(2)8-6-10-14(4)21-17-13(3)9-7-11-16(17)20-18(21)15(5)19/h7,9,11-12,14-15H,6,8,10H2,1-5H3. The first kappa shape index (κ1) is 16.4. The highest BCUT2D eigenvalue weighted by Gasteiger charge is 2.20. The van der Waals surface area contributed by atoms with Crippen LogP contribution in [0.1, 0.15) is 69.8 Å². The van der Waals surface area contributed by atoms with Gasteiger partial charge >= 0.3 is 0 Å². The molecule has 2 atom stereocenters. The maximum absolute atomic E-state index is 6.38. The van der Waals surface area contributed by atoms with Crippen LogP contribution >= 0.6 is 11.6 Å². The van der Waals surface area contributed by atoms with Crippen LogP contribution in [0, 0.1) is 12.8 Å². The number of para-hydroxylation sites is 1. The van der Waals surface area contributed by atoms with E-state index < -0.39 is 0 Å². The number of alkyl halides is 1. The average Bonchev–Trinajstić information content (AvgIpc) is 2.79. The van der Waals surface area contributed by atoms with E-state index in [0.29, 0.717) is 6.04 Å². The predicted molar refractivity (Wildman–Crippen MR) is 92.1 cm³/mol. The Bertz CT molecular complexity index is 599. The summed E-state index contributed by atoms with van der Waals surface area (Å²) < 4.78 is 2.36. The molecule has 0 fully saturated rings. The molecular weight excluding hydrogens is 280 g/mol. The van der Waals surface area contributed by atoms with Crippen LogP contribution < -0.4 is 0 Å². The van der Waals surface area contributed by atoms with Gasteiger partial charge in [0.15, 0.2) is 0 Å². The molecular formula is C18H27ClN2. The van der Waals surface area contributed by atoms with Gasteiger partial charge in [0, 0.05) is 6.04 Å². The van der Waals surface area contributed by atoms with Crippen molar-refractivity contribution >= 4 is 22.6 Å². The van der Waals surface area contributed by atoms with Crippen LogP contribution in [0.25, 0.3) is 11.0 Å². The van der Waals surface area contributed by atoms with Crippen LogP contribution in [0.2, 0.25) is 0 Å². The fourth-order valence-electron chi connectivity index (χ4n) is 3.02. The van der Waals surface area contributed by atoms with Gasteiger partial charge in [-0.05, 0) is 44.7 Å². The van der Waals surface area contributed by atoms with E-state index in [1.165, 1.54) is 30.3 Å². The highest BCUT2D eigenvalue weighted by atomic mass is 35.5. The lowest BCUT2D eigenvalue weighted by Crippen LogP contribution is -2.11. The van der Waals surface area contributed by atoms with Gasteiger partial charge in [-0.1, -0.05) is 38.8 Å². The Labute approximate surface area is 133 Å². The summed E-state index contributed by atoms with van der Waals surface area (Å²) >= 11 is 6.38. The lowest BCUT2D eigenvalue weighted by molar-refractivity contribution is 0.444. The van der Waals surface area contributed by atoms with E-state index in [4.69, 9.17) is 16.6 Å². The molecule has 1 heterocycles. The Kier molecular flexibility index (Phi) is 5.32. The summed E-state index contributed by atoms with van der Waals surface area (Å²) in [5, 5.41) is -0.0654. The predicted octanol–water partition coefficient (Wildman–Crippen LogP) is 6.03. The molecule has 2 aromatic rings. The second kappa shape index (κ2) is 6.83. The Morgan fingerprint density at radius 3 is 2.48 bits per heavy atom. The first-order chi connectivity index (χ1) is 9.91. The molecule has 0 aliphatic heterocycles. The molecule has 0 saturated carbocycles. The van der Waals surface area contributed by atoms with E-state index in [1.807, 2.05) is 6.92 Å². The number of aromatic nitrogens is 2. The number of rotatable bonds is 6. The quantitative estimate of drug-likeness (QED) is 0.596. The van der Waals surface area contributed by atoms with E-state index in [1.54, 1.807) is 0 Å². The maximum Gasteiger partial charge on any atom is 0.127 e. The monoisotopic (exact) mass is 306 g/mol. The first-order valence-electron chi connectivity index (χ1n) is 8.03. The van der Waals surface area contributed by atoms with Crippen LogP contribution in [0.15, 0.2) is 18.2 Å². The minimum atomic E-state index is -0.0654. The van der Waals surface area contributed by atoms with Gasteiger partial charge in [0.05, 0.1) is 16.4 Å². The lowest BCUT2D eigenvalue weighted by Gasteiger charge is -2.20. The minimum Gasteiger partial charge on any atom is -0.324 e. The van der Waals surface area contributed by atoms with E-state index in [-0.39, 0.29) is 5.38 Å². The Morgan fingerprint density at radius 1 is 1.14 bits per heavy atom. The molecule has 2 nitrogen and oxygen atoms in total. The summed E-state index contributed by atoms with van der Waals surface area (Å²) in [5.74, 6) is 1.77. The molecule has 0 N–H and O–H groups in total. The Morgan fingerprint density at radius 2 is 1.86 bits per heavy atom. The molecule has 0 aliphatic carbocycles. The molecule has 2 rings (SSSR count). The van der Waals surface area contributed by atoms with Gasteiger partial charge in [0.25, 0.3) is 0 Å². The van der Waals surface area contributed by atoms with Gasteiger partial charge < -0.3 is 4.57 Å². The van der Waals surface area contributed by atoms with Gasteiger partial charge in [-0.15, -0.1) is 11.6 Å². The third kappa shape index (κ3) is 3.60. The number of nitrogens with zero attached hydrogens (tertiary/aromatic N) is 2. The molecule has 0 bridgehead atoms. The Balaban J connectivity index is 2.38. The zero-order chi connectivity index (χ0) is 15.6. The van der Waals surface area contributed by atoms with Crippen LogP contribution in [-0.2, 0) is 0 Å². The van der Waals surface area contributed by atoms with Crippen LogP contribution in [0.5, 0.6) is 0 Å². The molecule has 0 radical (unpaired) electrons. The number of aryl methyl sites for hydroxylation is 1. The lowest BCUT2D eigenvalue weighted by atomic mass is 10.0. The molecule has 0 saturated heterocycles. The number of hydrogen-bond donors (Lipinski definition) is 0. The van der Waals surface area contributed by atoms with Crippen molar-refractivity contribution in [2.45, 2.75) is 65.3 Å². The molecule has 0 aliphatic rings. The molecule has 2 unspecified atom stereocenters. The van der Waals surface area contributed by atoms with Crippen molar-refractivity contribution in [2.24, 2.45) is 5.92 Å². The maximum atomic E-state index is 6.38. The Hall–Kier alpha value is -1.02. The van der Waals surface area contributed by atoms with Gasteiger partial charge in [0.1, 0.15) is 5.82 Å². The number of imidazole rings is 1. The number of halogens is 1. The minimum absolute atomic E-state index is 0.0654. The van der Waals surface area contributed by atoms with Crippen molar-refractivity contribution in [3.8, 4) is 0 Å². The second-order valence-corrected chi connectivity index (χ2v) is 7.23. The third-order valence-electron chi connectivity index (χ3n) is 4.14. The van der Waals surface area contributed by atoms with Crippen molar-refractivity contribution < 1.29 is 0 Å². The van der Waals surface area contributed by atoms with Crippen LogP contribution in [-0.4, -0.2) is 9.55 Å². The SMILES string of the molecule is Cc1cccc2nc(C(C)Cl)n(C(C)CCCC(C)C)c12. The number of benzene rings is 1. The molecule has 3 heteroatoms. The summed E-state index contributed by atoms with van der Waals surface area (Å²) in [6, 6.07) is 6.75. The third-order valence-corrected chi connectivity index (χ3v) is 4.33. The summed E-state index contributed by atoms with van der Waals surface area (Å²) in [5.41, 5.74) is 3.59. The largest absolute Gasteiger partial charge is 0.324 e. The van der Waals surface area contributed by atoms with Gasteiger partial charge in [0.2, 0.25) is 0 Å². The summed E-state index contributed by atoms with van der Waals surface area (Å²) in [4.78, 5) is 4.77. The smallest absolute Gasteiger partial charge is 0.127 e. The molecule has 0 amide bonds. The normalized spacial score (nSPS) is 14.8. The fourth-order valence-corrected chi connectivity index (χ4v) is 3.17. The zero-order valence-corrected chi connectivity index (χ0v) is 14.6. The molecule has 1 aromatic carbocycles. The molecule has 21 heavy (non-hydrogen) atoms. The highest BCUT2D eigenvalue weighted by molar-refractivity contribution is 6.20. The van der Waals surface area contributed by atoms with E-state index in [0.717, 1.165) is 17.3 Å². The van der Waals surface area contributed by atoms with E-state index in [9.17, 15) is 0 Å². The zero-order valence-electron chi connectivity index (χ0n) is 13.9. The summed E-state index contributed by atoms with van der Waals surface area (Å²) in [6.07, 6.45) is 3.71. The van der Waals surface area contributed by atoms with Crippen LogP contribution in [0.4, 0.5) is 0 Å². The molecule has 1 aromatic heterocycles. The first-order valence-corrected chi connectivity index (χ1v) is 8.47. The average molecular weight is 307 g/mol. The number of fused-ring (bicyclic) bond motifs is 1. The van der Waals surface area contributed by atoms with E-state index in [2.05, 4.69) is 50.5 Å². The summed E-state index contributed by atoms with van der Waals surface area (Å²) in [6.45, 7) is 11.0. The van der Waals surface area contributed by atoms with Gasteiger partial charge in [-0.25, -0.2) is 4.98 Å². The number of hydrogen-bond acceptors (Lipinski definition) is 1. The van der Waals surface area contributed by atoms with Crippen LogP contribution in [0.3, 0.4) is 0 Å². The van der Waals surface area contributed by atoms with E-state index >= 15 is 0 Å². The van der Waals surface area contributed by atoms with Gasteiger partial charge in [-0.2, -0.15) is 0 Å². The van der Waals surface area contributed by atoms with Crippen molar-refractivity contribution in [2.75, 3.05) is 0 Å². The van der Waals surface area contributed by atoms with Gasteiger partial charge in [-0.3, -0.25) is 0 Å². The van der Waals surface area contributed by atoms with Crippen molar-refractivity contribution in [1.29, 1.82) is 0 Å². The molecule has 0 spiro atoms. The topological polar surface area (TPSA) is 17.8 Å². The second-order valence-electron chi connectivity index (χ2n) is 6.57. The molecule has 116 valence electrons. The fraction of sp³-hybridized carbons (Fsp3) is 0.611. The van der Waals surface area contributed by atoms with Crippen molar-refractivity contribution in [3.63, 3.8) is 0 Å². The van der Waals surface area contributed by atoms with Crippen molar-refractivity contribution in [1.82, 2.24) is 9.55 Å². The highest BCUT2D eigenvalue weighted by Crippen LogP contribution is 2.31.